The van der Waals surface area contributed by atoms with Crippen LogP contribution in [0.1, 0.15) is 107 Å². The second-order valence-corrected chi connectivity index (χ2v) is 16.3. The highest BCUT2D eigenvalue weighted by molar-refractivity contribution is 6.98. The van der Waals surface area contributed by atoms with Crippen LogP contribution in [0.25, 0.3) is 0 Å². The predicted octanol–water partition coefficient (Wildman–Crippen LogP) is 11.7. The molecule has 269 valence electrons. The Morgan fingerprint density at radius 1 is 0.426 bits per heavy atom. The van der Waals surface area contributed by atoms with Crippen LogP contribution in [0.15, 0.2) is 121 Å². The number of ether oxygens (including phenoxy) is 2. The average molecular weight is 708 g/mol. The Morgan fingerprint density at radius 3 is 1.19 bits per heavy atom. The van der Waals surface area contributed by atoms with Crippen LogP contribution in [0.4, 0.5) is 22.7 Å². The van der Waals surface area contributed by atoms with Crippen LogP contribution in [0.3, 0.4) is 0 Å². The molecule has 0 atom stereocenters. The maximum Gasteiger partial charge on any atom is 0.260 e. The van der Waals surface area contributed by atoms with E-state index in [1.807, 2.05) is 0 Å². The summed E-state index contributed by atoms with van der Waals surface area (Å²) in [5.74, 6) is 4.69. The van der Waals surface area contributed by atoms with Crippen LogP contribution in [-0.2, 0) is 0 Å². The number of benzene rings is 6. The largest absolute Gasteiger partial charge is 0.458 e. The minimum Gasteiger partial charge on any atom is -0.458 e. The monoisotopic (exact) mass is 707 g/mol. The minimum atomic E-state index is 0.0142. The highest BCUT2D eigenvalue weighted by Gasteiger charge is 2.46. The molecule has 0 amide bonds. The van der Waals surface area contributed by atoms with Gasteiger partial charge in [0.15, 0.2) is 6.17 Å². The van der Waals surface area contributed by atoms with Gasteiger partial charge in [-0.3, -0.25) is 0 Å². The third kappa shape index (κ3) is 5.27. The number of rotatable bonds is 7. The van der Waals surface area contributed by atoms with E-state index in [0.29, 0.717) is 23.7 Å². The van der Waals surface area contributed by atoms with E-state index in [-0.39, 0.29) is 6.71 Å². The van der Waals surface area contributed by atoms with Crippen LogP contribution in [0.2, 0.25) is 0 Å². The molecule has 6 aromatic rings. The fourth-order valence-corrected chi connectivity index (χ4v) is 8.94. The van der Waals surface area contributed by atoms with E-state index in [0.717, 1.165) is 51.6 Å². The lowest BCUT2D eigenvalue weighted by Crippen LogP contribution is -2.57. The molecule has 0 bridgehead atoms. The lowest BCUT2D eigenvalue weighted by Gasteiger charge is -2.39. The topological polar surface area (TPSA) is 24.9 Å². The summed E-state index contributed by atoms with van der Waals surface area (Å²) in [5.41, 5.74) is 14.6. The van der Waals surface area contributed by atoms with Crippen molar-refractivity contribution in [2.24, 2.45) is 0 Å². The molecule has 0 unspecified atom stereocenters. The number of fused-ring (bicyclic) bond motifs is 5. The quantitative estimate of drug-likeness (QED) is 0.154. The van der Waals surface area contributed by atoms with Gasteiger partial charge in [-0.15, -0.1) is 0 Å². The van der Waals surface area contributed by atoms with Gasteiger partial charge in [-0.25, -0.2) is 0 Å². The minimum absolute atomic E-state index is 0.0142. The maximum atomic E-state index is 6.92. The molecule has 3 aliphatic rings. The Kier molecular flexibility index (Phi) is 8.37. The highest BCUT2D eigenvalue weighted by Crippen LogP contribution is 2.58. The van der Waals surface area contributed by atoms with Crippen molar-refractivity contribution in [2.75, 3.05) is 9.80 Å². The Labute approximate surface area is 321 Å². The number of anilines is 4. The molecule has 6 aromatic carbocycles. The van der Waals surface area contributed by atoms with Gasteiger partial charge in [-0.1, -0.05) is 140 Å². The van der Waals surface area contributed by atoms with Crippen LogP contribution in [0.5, 0.6) is 23.0 Å². The smallest absolute Gasteiger partial charge is 0.260 e. The zero-order valence-electron chi connectivity index (χ0n) is 32.6. The Bertz CT molecular complexity index is 2200. The van der Waals surface area contributed by atoms with Crippen molar-refractivity contribution in [2.45, 2.75) is 79.1 Å². The molecule has 0 N–H and O–H groups in total. The van der Waals surface area contributed by atoms with E-state index in [9.17, 15) is 0 Å². The third-order valence-corrected chi connectivity index (χ3v) is 11.5. The summed E-state index contributed by atoms with van der Waals surface area (Å²) in [6, 6.07) is 44.2. The Hall–Kier alpha value is -5.42. The molecular weight excluding hydrogens is 659 g/mol. The van der Waals surface area contributed by atoms with Gasteiger partial charge < -0.3 is 19.3 Å². The van der Waals surface area contributed by atoms with E-state index in [4.69, 9.17) is 9.47 Å². The molecule has 5 heteroatoms. The summed E-state index contributed by atoms with van der Waals surface area (Å²) in [4.78, 5) is 5.11. The van der Waals surface area contributed by atoms with Gasteiger partial charge in [-0.2, -0.15) is 0 Å². The van der Waals surface area contributed by atoms with Gasteiger partial charge in [0, 0.05) is 11.0 Å². The first-order chi connectivity index (χ1) is 26.1. The van der Waals surface area contributed by atoms with Crippen molar-refractivity contribution >= 4 is 45.9 Å². The van der Waals surface area contributed by atoms with Gasteiger partial charge in [-0.05, 0) is 93.2 Å². The summed E-state index contributed by atoms with van der Waals surface area (Å²) < 4.78 is 13.8. The second kappa shape index (κ2) is 13.2. The van der Waals surface area contributed by atoms with Crippen LogP contribution in [-0.4, -0.2) is 6.71 Å². The molecule has 4 nitrogen and oxygen atoms in total. The van der Waals surface area contributed by atoms with E-state index in [1.54, 1.807) is 0 Å². The summed E-state index contributed by atoms with van der Waals surface area (Å²) >= 11 is 0. The van der Waals surface area contributed by atoms with Crippen molar-refractivity contribution in [3.05, 3.63) is 155 Å². The van der Waals surface area contributed by atoms with Crippen molar-refractivity contribution in [1.82, 2.24) is 0 Å². The fourth-order valence-electron chi connectivity index (χ4n) is 8.94. The summed E-state index contributed by atoms with van der Waals surface area (Å²) in [5, 5.41) is 0. The second-order valence-electron chi connectivity index (χ2n) is 16.3. The molecular formula is C49H48BN2O2. The predicted molar refractivity (Wildman–Crippen MR) is 226 cm³/mol. The SMILES string of the molecule is CC(C)c1cccc(C(C)C)c1N1[C](c2cc3c4c(c2)Oc2ccccc2B4c2ccccc2O3)N(c2c(C(C)C)cccc2C(C)C)c2ccccc21. The fraction of sp³-hybridized carbons (Fsp3) is 0.245. The van der Waals surface area contributed by atoms with E-state index < -0.39 is 0 Å². The molecule has 0 saturated heterocycles. The molecule has 3 aliphatic heterocycles. The van der Waals surface area contributed by atoms with Gasteiger partial charge >= 0.3 is 0 Å². The lowest BCUT2D eigenvalue weighted by atomic mass is 9.35. The number of para-hydroxylation sites is 6. The molecule has 1 radical (unpaired) electrons. The Morgan fingerprint density at radius 2 is 0.796 bits per heavy atom. The lowest BCUT2D eigenvalue weighted by molar-refractivity contribution is 0.463. The first-order valence-corrected chi connectivity index (χ1v) is 19.7. The zero-order valence-corrected chi connectivity index (χ0v) is 32.6. The van der Waals surface area contributed by atoms with Crippen LogP contribution in [0, 0.1) is 6.17 Å². The standard InChI is InChI=1S/C49H48BN2O2/c1-29(2)34-17-15-18-35(30(3)4)47(34)51-40-23-11-12-24-41(40)52(48-36(31(5)6)19-16-20-37(48)32(7)8)49(51)33-27-44-46-45(28-33)54-43-26-14-10-22-39(43)50(46)38-21-9-13-25-42(38)53-44/h9-32H,1-8H3. The van der Waals surface area contributed by atoms with E-state index >= 15 is 0 Å². The van der Waals surface area contributed by atoms with Crippen molar-refractivity contribution in [3.63, 3.8) is 0 Å². The van der Waals surface area contributed by atoms with E-state index in [2.05, 4.69) is 187 Å². The summed E-state index contributed by atoms with van der Waals surface area (Å²) in [6.07, 6.45) is 1.08. The molecule has 3 heterocycles. The average Bonchev–Trinajstić information content (AvgIpc) is 3.51. The zero-order chi connectivity index (χ0) is 37.4. The molecule has 0 fully saturated rings. The van der Waals surface area contributed by atoms with Gasteiger partial charge in [0.2, 0.25) is 0 Å². The third-order valence-electron chi connectivity index (χ3n) is 11.5. The molecule has 54 heavy (non-hydrogen) atoms. The maximum absolute atomic E-state index is 6.92. The molecule has 0 aromatic heterocycles. The van der Waals surface area contributed by atoms with Gasteiger partial charge in [0.05, 0.1) is 22.7 Å². The molecule has 0 spiro atoms. The number of nitrogens with zero attached hydrogens (tertiary/aromatic N) is 2. The number of hydrogen-bond acceptors (Lipinski definition) is 4. The highest BCUT2D eigenvalue weighted by atomic mass is 16.5. The Balaban J connectivity index is 1.38. The van der Waals surface area contributed by atoms with Crippen molar-refractivity contribution in [1.29, 1.82) is 0 Å². The molecule has 0 saturated carbocycles. The number of hydrogen-bond donors (Lipinski definition) is 0. The first-order valence-electron chi connectivity index (χ1n) is 19.7. The summed E-state index contributed by atoms with van der Waals surface area (Å²) in [6.45, 7) is 18.5. The molecule has 9 rings (SSSR count). The van der Waals surface area contributed by atoms with E-state index in [1.165, 1.54) is 44.6 Å². The van der Waals surface area contributed by atoms with Gasteiger partial charge in [0.25, 0.3) is 6.71 Å². The van der Waals surface area contributed by atoms with Crippen LogP contribution < -0.4 is 35.7 Å². The van der Waals surface area contributed by atoms with Crippen molar-refractivity contribution < 1.29 is 9.47 Å². The summed E-state index contributed by atoms with van der Waals surface area (Å²) in [7, 11) is 0. The van der Waals surface area contributed by atoms with Crippen molar-refractivity contribution in [3.8, 4) is 23.0 Å². The first kappa shape index (κ1) is 34.4. The molecule has 0 aliphatic carbocycles. The van der Waals surface area contributed by atoms with Gasteiger partial charge in [0.1, 0.15) is 23.0 Å². The normalized spacial score (nSPS) is 14.3. The van der Waals surface area contributed by atoms with Crippen LogP contribution >= 0.6 is 0 Å².